The van der Waals surface area contributed by atoms with Gasteiger partial charge in [-0.3, -0.25) is 0 Å². The maximum Gasteiger partial charge on any atom is 0.378 e. The molecule has 22 heavy (non-hydrogen) atoms. The molecule has 0 aromatic rings. The van der Waals surface area contributed by atoms with Gasteiger partial charge in [-0.05, 0) is 12.8 Å². The van der Waals surface area contributed by atoms with E-state index in [-0.39, 0.29) is 19.0 Å². The lowest BCUT2D eigenvalue weighted by molar-refractivity contribution is -0.757. The second-order valence-corrected chi connectivity index (χ2v) is 4.61. The molecule has 0 amide bonds. The minimum absolute atomic E-state index is 0.0346. The number of unbranched alkanes of at least 4 members (excludes halogenated alkanes) is 3. The van der Waals surface area contributed by atoms with Crippen LogP contribution in [0.5, 0.6) is 0 Å². The number of hydrogen-bond donors (Lipinski definition) is 3. The fraction of sp³-hybridized carbons (Fsp3) is 0.750. The van der Waals surface area contributed by atoms with Crippen LogP contribution < -0.4 is 0 Å². The molecule has 3 N–H and O–H groups in total. The molecule has 0 aromatic heterocycles. The van der Waals surface area contributed by atoms with E-state index in [4.69, 9.17) is 14.6 Å². The zero-order valence-electron chi connectivity index (χ0n) is 11.8. The van der Waals surface area contributed by atoms with Gasteiger partial charge in [0.1, 0.15) is 6.10 Å². The Morgan fingerprint density at radius 2 is 1.91 bits per heavy atom. The van der Waals surface area contributed by atoms with Gasteiger partial charge in [0.25, 0.3) is 5.09 Å². The monoisotopic (exact) mass is 321 g/mol. The standard InChI is InChI=1S/C12H19NO9/c14-7-8(15)10-11(9(16)12(17)22-10)20-5-3-1-2-4-6-21-13(18)19/h8,10,14-16H,1-7H2. The largest absolute Gasteiger partial charge is 0.499 e. The summed E-state index contributed by atoms with van der Waals surface area (Å²) in [5.74, 6) is -1.91. The highest BCUT2D eigenvalue weighted by atomic mass is 16.9. The van der Waals surface area contributed by atoms with E-state index in [1.807, 2.05) is 0 Å². The summed E-state index contributed by atoms with van der Waals surface area (Å²) < 4.78 is 9.93. The van der Waals surface area contributed by atoms with Crippen LogP contribution in [0.2, 0.25) is 0 Å². The summed E-state index contributed by atoms with van der Waals surface area (Å²) in [4.78, 5) is 25.3. The van der Waals surface area contributed by atoms with E-state index >= 15 is 0 Å². The van der Waals surface area contributed by atoms with Crippen LogP contribution in [0.25, 0.3) is 0 Å². The molecular weight excluding hydrogens is 302 g/mol. The van der Waals surface area contributed by atoms with Crippen molar-refractivity contribution in [3.63, 3.8) is 0 Å². The Morgan fingerprint density at radius 3 is 2.50 bits per heavy atom. The van der Waals surface area contributed by atoms with Crippen LogP contribution in [0.15, 0.2) is 11.5 Å². The van der Waals surface area contributed by atoms with Gasteiger partial charge in [0.2, 0.25) is 5.76 Å². The fourth-order valence-corrected chi connectivity index (χ4v) is 1.84. The molecule has 0 saturated carbocycles. The van der Waals surface area contributed by atoms with Crippen molar-refractivity contribution in [3.8, 4) is 0 Å². The molecule has 0 bridgehead atoms. The highest BCUT2D eigenvalue weighted by molar-refractivity contribution is 5.89. The molecule has 0 fully saturated rings. The van der Waals surface area contributed by atoms with Gasteiger partial charge in [-0.15, -0.1) is 10.1 Å². The molecule has 2 atom stereocenters. The molecular formula is C12H19NO9. The Balaban J connectivity index is 2.25. The third-order valence-electron chi connectivity index (χ3n) is 2.95. The summed E-state index contributed by atoms with van der Waals surface area (Å²) in [5, 5.41) is 36.9. The van der Waals surface area contributed by atoms with Crippen LogP contribution in [0.3, 0.4) is 0 Å². The van der Waals surface area contributed by atoms with Crippen molar-refractivity contribution >= 4 is 5.97 Å². The second kappa shape index (κ2) is 9.05. The Bertz CT molecular complexity index is 423. The Kier molecular flexibility index (Phi) is 7.40. The summed E-state index contributed by atoms with van der Waals surface area (Å²) in [5.41, 5.74) is 0. The molecule has 0 spiro atoms. The fourth-order valence-electron chi connectivity index (χ4n) is 1.84. The number of nitrogens with zero attached hydrogens (tertiary/aromatic N) is 1. The molecule has 0 aliphatic carbocycles. The molecule has 10 nitrogen and oxygen atoms in total. The first kappa shape index (κ1) is 18.0. The van der Waals surface area contributed by atoms with Crippen molar-refractivity contribution in [3.05, 3.63) is 21.6 Å². The van der Waals surface area contributed by atoms with Crippen LogP contribution >= 0.6 is 0 Å². The van der Waals surface area contributed by atoms with E-state index in [9.17, 15) is 25.1 Å². The summed E-state index contributed by atoms with van der Waals surface area (Å²) >= 11 is 0. The third-order valence-corrected chi connectivity index (χ3v) is 2.95. The highest BCUT2D eigenvalue weighted by Crippen LogP contribution is 2.25. The molecule has 0 radical (unpaired) electrons. The molecule has 1 aliphatic heterocycles. The van der Waals surface area contributed by atoms with Gasteiger partial charge in [0.15, 0.2) is 11.9 Å². The minimum Gasteiger partial charge on any atom is -0.499 e. The Labute approximate surface area is 126 Å². The van der Waals surface area contributed by atoms with Gasteiger partial charge in [0.05, 0.1) is 19.8 Å². The Morgan fingerprint density at radius 1 is 1.27 bits per heavy atom. The number of carbonyl (C=O) groups is 1. The number of cyclic esters (lactones) is 1. The predicted molar refractivity (Wildman–Crippen MR) is 70.0 cm³/mol. The lowest BCUT2D eigenvalue weighted by Crippen LogP contribution is -2.32. The minimum atomic E-state index is -1.37. The molecule has 10 heteroatoms. The van der Waals surface area contributed by atoms with Gasteiger partial charge in [-0.25, -0.2) is 4.79 Å². The quantitative estimate of drug-likeness (QED) is 0.204. The van der Waals surface area contributed by atoms with Crippen LogP contribution in [0, 0.1) is 10.1 Å². The average Bonchev–Trinajstić information content (AvgIpc) is 2.76. The van der Waals surface area contributed by atoms with E-state index in [1.54, 1.807) is 0 Å². The number of aliphatic hydroxyl groups excluding tert-OH is 3. The number of aliphatic hydroxyl groups is 3. The molecule has 2 unspecified atom stereocenters. The van der Waals surface area contributed by atoms with Crippen LogP contribution in [0.1, 0.15) is 25.7 Å². The zero-order chi connectivity index (χ0) is 16.5. The highest BCUT2D eigenvalue weighted by Gasteiger charge is 2.40. The maximum absolute atomic E-state index is 11.2. The van der Waals surface area contributed by atoms with E-state index in [0.29, 0.717) is 25.7 Å². The van der Waals surface area contributed by atoms with Crippen molar-refractivity contribution < 1.29 is 39.5 Å². The number of ether oxygens (including phenoxy) is 2. The SMILES string of the molecule is O=C1OC(C(O)CO)C(OCCCCCCO[N+](=O)[O-])=C1O. The van der Waals surface area contributed by atoms with Crippen LogP contribution in [-0.4, -0.2) is 58.4 Å². The van der Waals surface area contributed by atoms with Crippen molar-refractivity contribution in [2.75, 3.05) is 19.8 Å². The lowest BCUT2D eigenvalue weighted by Gasteiger charge is -2.18. The van der Waals surface area contributed by atoms with Crippen molar-refractivity contribution in [1.29, 1.82) is 0 Å². The number of hydrogen-bond acceptors (Lipinski definition) is 9. The second-order valence-electron chi connectivity index (χ2n) is 4.61. The lowest BCUT2D eigenvalue weighted by atomic mass is 10.2. The average molecular weight is 321 g/mol. The number of rotatable bonds is 11. The van der Waals surface area contributed by atoms with E-state index in [0.717, 1.165) is 0 Å². The topological polar surface area (TPSA) is 149 Å². The van der Waals surface area contributed by atoms with Gasteiger partial charge < -0.3 is 29.6 Å². The summed E-state index contributed by atoms with van der Waals surface area (Å²) in [6.07, 6.45) is -0.0838. The zero-order valence-corrected chi connectivity index (χ0v) is 11.8. The first-order chi connectivity index (χ1) is 10.5. The molecule has 1 aliphatic rings. The molecule has 1 rings (SSSR count). The first-order valence-corrected chi connectivity index (χ1v) is 6.80. The molecule has 0 saturated heterocycles. The maximum atomic E-state index is 11.2. The van der Waals surface area contributed by atoms with Gasteiger partial charge in [-0.2, -0.15) is 0 Å². The molecule has 0 aromatic carbocycles. The van der Waals surface area contributed by atoms with E-state index < -0.39 is 35.6 Å². The van der Waals surface area contributed by atoms with Gasteiger partial charge in [0, 0.05) is 0 Å². The molecule has 126 valence electrons. The number of carbonyl (C=O) groups excluding carboxylic acids is 1. The van der Waals surface area contributed by atoms with Crippen LogP contribution in [0.4, 0.5) is 0 Å². The normalized spacial score (nSPS) is 19.0. The third kappa shape index (κ3) is 5.37. The van der Waals surface area contributed by atoms with Gasteiger partial charge >= 0.3 is 5.97 Å². The van der Waals surface area contributed by atoms with Gasteiger partial charge in [-0.1, -0.05) is 12.8 Å². The predicted octanol–water partition coefficient (Wildman–Crippen LogP) is -0.180. The Hall–Kier alpha value is -2.07. The summed E-state index contributed by atoms with van der Waals surface area (Å²) in [6.45, 7) is -0.442. The van der Waals surface area contributed by atoms with E-state index in [2.05, 4.69) is 4.84 Å². The molecule has 1 heterocycles. The summed E-state index contributed by atoms with van der Waals surface area (Å²) in [7, 11) is 0. The summed E-state index contributed by atoms with van der Waals surface area (Å²) in [6, 6.07) is 0. The van der Waals surface area contributed by atoms with E-state index in [1.165, 1.54) is 0 Å². The number of esters is 1. The van der Waals surface area contributed by atoms with Crippen molar-refractivity contribution in [2.45, 2.75) is 37.9 Å². The van der Waals surface area contributed by atoms with Crippen molar-refractivity contribution in [2.24, 2.45) is 0 Å². The van der Waals surface area contributed by atoms with Crippen molar-refractivity contribution in [1.82, 2.24) is 0 Å². The first-order valence-electron chi connectivity index (χ1n) is 6.80. The smallest absolute Gasteiger partial charge is 0.378 e. The van der Waals surface area contributed by atoms with Crippen LogP contribution in [-0.2, 0) is 19.1 Å².